The molecule has 4 aromatic rings. The van der Waals surface area contributed by atoms with E-state index < -0.39 is 18.8 Å². The fourth-order valence-corrected chi connectivity index (χ4v) is 4.28. The molecular weight excluding hydrogens is 451 g/mol. The number of hydrogen-bond acceptors (Lipinski definition) is 7. The standard InChI is InChI=1S/C21H22F3N9O/c1-11-26-14-6-5-13(27-18(14)32(11)10-21(22,23)24)12-7-9-33-16(12)17(25)29-20(30-33)28-15-4-3-8-31(2)19(15)34/h5-7,9,15H,3-4,8,10H2,1-2H3,(H3,25,28,29,30)/t15-/m1/s1. The van der Waals surface area contributed by atoms with E-state index in [1.165, 1.54) is 11.4 Å². The number of nitrogens with two attached hydrogens (primary N) is 1. The van der Waals surface area contributed by atoms with Crippen molar-refractivity contribution in [2.24, 2.45) is 0 Å². The van der Waals surface area contributed by atoms with Gasteiger partial charge < -0.3 is 20.5 Å². The zero-order valence-corrected chi connectivity index (χ0v) is 18.5. The molecule has 1 atom stereocenters. The monoisotopic (exact) mass is 473 g/mol. The lowest BCUT2D eigenvalue weighted by atomic mass is 10.1. The lowest BCUT2D eigenvalue weighted by molar-refractivity contribution is -0.140. The number of rotatable bonds is 4. The number of amides is 1. The van der Waals surface area contributed by atoms with E-state index in [-0.39, 0.29) is 29.1 Å². The number of carbonyl (C=O) groups is 1. The summed E-state index contributed by atoms with van der Waals surface area (Å²) in [6, 6.07) is 4.57. The molecule has 1 fully saturated rings. The number of likely N-dealkylation sites (N-methyl/N-ethyl adjacent to an activating group) is 1. The second-order valence-corrected chi connectivity index (χ2v) is 8.34. The van der Waals surface area contributed by atoms with Gasteiger partial charge in [0.15, 0.2) is 11.5 Å². The number of carbonyl (C=O) groups excluding carboxylic acids is 1. The van der Waals surface area contributed by atoms with Crippen LogP contribution in [0.25, 0.3) is 27.9 Å². The maximum atomic E-state index is 13.1. The molecule has 10 nitrogen and oxygen atoms in total. The number of imidazole rings is 1. The third-order valence-corrected chi connectivity index (χ3v) is 5.90. The summed E-state index contributed by atoms with van der Waals surface area (Å²) in [6.45, 7) is 1.03. The van der Waals surface area contributed by atoms with Crippen LogP contribution < -0.4 is 11.1 Å². The smallest absolute Gasteiger partial charge is 0.382 e. The second-order valence-electron chi connectivity index (χ2n) is 8.34. The minimum Gasteiger partial charge on any atom is -0.382 e. The lowest BCUT2D eigenvalue weighted by Crippen LogP contribution is -2.45. The molecular formula is C21H22F3N9O. The number of alkyl halides is 3. The Balaban J connectivity index is 1.52. The summed E-state index contributed by atoms with van der Waals surface area (Å²) in [6.07, 6.45) is -1.22. The van der Waals surface area contributed by atoms with Gasteiger partial charge in [-0.15, -0.1) is 5.10 Å². The predicted octanol–water partition coefficient (Wildman–Crippen LogP) is 2.63. The minimum atomic E-state index is -4.41. The van der Waals surface area contributed by atoms with E-state index in [0.29, 0.717) is 35.3 Å². The largest absolute Gasteiger partial charge is 0.406 e. The van der Waals surface area contributed by atoms with E-state index in [2.05, 4.69) is 25.4 Å². The van der Waals surface area contributed by atoms with Crippen LogP contribution in [0.3, 0.4) is 0 Å². The maximum Gasteiger partial charge on any atom is 0.406 e. The number of aromatic nitrogens is 6. The van der Waals surface area contributed by atoms with E-state index in [9.17, 15) is 18.0 Å². The van der Waals surface area contributed by atoms with E-state index in [1.54, 1.807) is 36.3 Å². The summed E-state index contributed by atoms with van der Waals surface area (Å²) in [5, 5.41) is 7.47. The van der Waals surface area contributed by atoms with Crippen molar-refractivity contribution in [3.05, 3.63) is 30.2 Å². The molecule has 0 aliphatic carbocycles. The van der Waals surface area contributed by atoms with Gasteiger partial charge in [-0.05, 0) is 38.0 Å². The predicted molar refractivity (Wildman–Crippen MR) is 119 cm³/mol. The van der Waals surface area contributed by atoms with E-state index in [1.807, 2.05) is 0 Å². The van der Waals surface area contributed by atoms with Crippen LogP contribution >= 0.6 is 0 Å². The molecule has 0 aromatic carbocycles. The van der Waals surface area contributed by atoms with Gasteiger partial charge in [-0.2, -0.15) is 18.2 Å². The Morgan fingerprint density at radius 3 is 2.76 bits per heavy atom. The number of nitrogens with zero attached hydrogens (tertiary/aromatic N) is 7. The van der Waals surface area contributed by atoms with Crippen molar-refractivity contribution in [3.8, 4) is 11.3 Å². The number of piperidine rings is 1. The van der Waals surface area contributed by atoms with Crippen LogP contribution in [0.5, 0.6) is 0 Å². The highest BCUT2D eigenvalue weighted by atomic mass is 19.4. The molecule has 3 N–H and O–H groups in total. The molecule has 1 aliphatic rings. The molecule has 34 heavy (non-hydrogen) atoms. The van der Waals surface area contributed by atoms with Gasteiger partial charge in [0, 0.05) is 25.4 Å². The summed E-state index contributed by atoms with van der Waals surface area (Å²) in [5.41, 5.74) is 8.17. The number of hydrogen-bond donors (Lipinski definition) is 2. The number of nitrogens with one attached hydrogen (secondary N) is 1. The zero-order chi connectivity index (χ0) is 24.2. The summed E-state index contributed by atoms with van der Waals surface area (Å²) < 4.78 is 41.8. The number of fused-ring (bicyclic) bond motifs is 2. The third kappa shape index (κ3) is 3.86. The van der Waals surface area contributed by atoms with Gasteiger partial charge in [-0.1, -0.05) is 0 Å². The topological polar surface area (TPSA) is 119 Å². The number of halogens is 3. The average Bonchev–Trinajstić information content (AvgIpc) is 3.32. The van der Waals surface area contributed by atoms with Crippen molar-refractivity contribution in [1.82, 2.24) is 34.0 Å². The molecule has 0 bridgehead atoms. The number of pyridine rings is 1. The Morgan fingerprint density at radius 1 is 1.21 bits per heavy atom. The molecule has 1 amide bonds. The number of anilines is 2. The SMILES string of the molecule is Cc1nc2ccc(-c3ccn4nc(N[C@@H]5CCCN(C)C5=O)nc(N)c34)nc2n1CC(F)(F)F. The van der Waals surface area contributed by atoms with Crippen LogP contribution in [-0.4, -0.2) is 65.8 Å². The van der Waals surface area contributed by atoms with E-state index >= 15 is 0 Å². The highest BCUT2D eigenvalue weighted by Crippen LogP contribution is 2.30. The Hall–Kier alpha value is -3.90. The summed E-state index contributed by atoms with van der Waals surface area (Å²) in [4.78, 5) is 27.0. The molecule has 0 spiro atoms. The molecule has 1 saturated heterocycles. The molecule has 1 aliphatic heterocycles. The van der Waals surface area contributed by atoms with Gasteiger partial charge in [0.05, 0.1) is 5.69 Å². The van der Waals surface area contributed by atoms with Gasteiger partial charge >= 0.3 is 6.18 Å². The molecule has 0 saturated carbocycles. The maximum absolute atomic E-state index is 13.1. The highest BCUT2D eigenvalue weighted by molar-refractivity contribution is 5.89. The second kappa shape index (κ2) is 7.85. The van der Waals surface area contributed by atoms with Gasteiger partial charge in [-0.3, -0.25) is 4.79 Å². The summed E-state index contributed by atoms with van der Waals surface area (Å²) in [7, 11) is 1.75. The summed E-state index contributed by atoms with van der Waals surface area (Å²) >= 11 is 0. The first-order valence-corrected chi connectivity index (χ1v) is 10.7. The fraction of sp³-hybridized carbons (Fsp3) is 0.381. The molecule has 4 aromatic heterocycles. The van der Waals surface area contributed by atoms with Crippen LogP contribution in [0.4, 0.5) is 24.9 Å². The van der Waals surface area contributed by atoms with Crippen LogP contribution in [0, 0.1) is 6.92 Å². The van der Waals surface area contributed by atoms with Gasteiger partial charge in [0.1, 0.15) is 29.4 Å². The Labute approximate surface area is 191 Å². The minimum absolute atomic E-state index is 0.0371. The fourth-order valence-electron chi connectivity index (χ4n) is 4.28. The van der Waals surface area contributed by atoms with Gasteiger partial charge in [0.25, 0.3) is 0 Å². The van der Waals surface area contributed by atoms with Gasteiger partial charge in [0.2, 0.25) is 11.9 Å². The van der Waals surface area contributed by atoms with Gasteiger partial charge in [-0.25, -0.2) is 14.5 Å². The van der Waals surface area contributed by atoms with Crippen LogP contribution in [0.2, 0.25) is 0 Å². The molecule has 0 radical (unpaired) electrons. The Kier molecular flexibility index (Phi) is 5.06. The number of nitrogen functional groups attached to an aromatic ring is 1. The first-order chi connectivity index (χ1) is 16.1. The van der Waals surface area contributed by atoms with Crippen molar-refractivity contribution >= 4 is 34.4 Å². The summed E-state index contributed by atoms with van der Waals surface area (Å²) in [5.74, 6) is 0.546. The first kappa shape index (κ1) is 21.9. The molecule has 178 valence electrons. The Morgan fingerprint density at radius 2 is 2.00 bits per heavy atom. The van der Waals surface area contributed by atoms with Crippen molar-refractivity contribution < 1.29 is 18.0 Å². The quantitative estimate of drug-likeness (QED) is 0.468. The van der Waals surface area contributed by atoms with E-state index in [4.69, 9.17) is 5.73 Å². The van der Waals surface area contributed by atoms with E-state index in [0.717, 1.165) is 11.0 Å². The van der Waals surface area contributed by atoms with Crippen molar-refractivity contribution in [1.29, 1.82) is 0 Å². The number of aryl methyl sites for hydroxylation is 1. The van der Waals surface area contributed by atoms with Crippen molar-refractivity contribution in [2.45, 2.75) is 38.5 Å². The van der Waals surface area contributed by atoms with Crippen LogP contribution in [0.1, 0.15) is 18.7 Å². The average molecular weight is 473 g/mol. The molecule has 5 heterocycles. The highest BCUT2D eigenvalue weighted by Gasteiger charge is 2.30. The lowest BCUT2D eigenvalue weighted by Gasteiger charge is -2.29. The third-order valence-electron chi connectivity index (χ3n) is 5.90. The van der Waals surface area contributed by atoms with Crippen molar-refractivity contribution in [2.75, 3.05) is 24.6 Å². The molecule has 5 rings (SSSR count). The first-order valence-electron chi connectivity index (χ1n) is 10.7. The Bertz CT molecular complexity index is 1410. The molecule has 13 heteroatoms. The van der Waals surface area contributed by atoms with Crippen molar-refractivity contribution in [3.63, 3.8) is 0 Å². The molecule has 0 unspecified atom stereocenters. The van der Waals surface area contributed by atoms with Crippen LogP contribution in [-0.2, 0) is 11.3 Å². The normalized spacial score (nSPS) is 17.1. The number of likely N-dealkylation sites (tertiary alicyclic amines) is 1. The zero-order valence-electron chi connectivity index (χ0n) is 18.5. The van der Waals surface area contributed by atoms with Crippen LogP contribution in [0.15, 0.2) is 24.4 Å².